The summed E-state index contributed by atoms with van der Waals surface area (Å²) >= 11 is 0. The van der Waals surface area contributed by atoms with Gasteiger partial charge < -0.3 is 24.4 Å². The van der Waals surface area contributed by atoms with Gasteiger partial charge in [0.1, 0.15) is 6.10 Å². The van der Waals surface area contributed by atoms with Crippen molar-refractivity contribution < 1.29 is 27.4 Å². The number of anilines is 2. The normalized spacial score (nSPS) is 23.9. The number of rotatable bonds is 5. The summed E-state index contributed by atoms with van der Waals surface area (Å²) in [5, 5.41) is 2.91. The molecule has 0 spiro atoms. The van der Waals surface area contributed by atoms with Crippen LogP contribution in [0.2, 0.25) is 0 Å². The highest BCUT2D eigenvalue weighted by molar-refractivity contribution is 7.89. The van der Waals surface area contributed by atoms with Gasteiger partial charge in [-0.25, -0.2) is 8.42 Å². The lowest BCUT2D eigenvalue weighted by atomic mass is 10.2. The fourth-order valence-corrected chi connectivity index (χ4v) is 5.22. The first kappa shape index (κ1) is 20.5. The van der Waals surface area contributed by atoms with Crippen molar-refractivity contribution in [1.82, 2.24) is 4.31 Å². The second-order valence-electron chi connectivity index (χ2n) is 7.29. The Hall–Kier alpha value is -1.72. The molecule has 1 N–H and O–H groups in total. The third-order valence-electron chi connectivity index (χ3n) is 5.41. The first-order chi connectivity index (χ1) is 14.1. The molecule has 0 unspecified atom stereocenters. The van der Waals surface area contributed by atoms with Gasteiger partial charge in [0.15, 0.2) is 0 Å². The maximum Gasteiger partial charge on any atom is 0.253 e. The van der Waals surface area contributed by atoms with Crippen molar-refractivity contribution in [2.24, 2.45) is 0 Å². The number of amides is 1. The Balaban J connectivity index is 1.64. The van der Waals surface area contributed by atoms with Crippen LogP contribution in [-0.4, -0.2) is 83.9 Å². The first-order valence-electron chi connectivity index (χ1n) is 10.0. The van der Waals surface area contributed by atoms with Gasteiger partial charge in [0, 0.05) is 32.8 Å². The number of benzene rings is 1. The number of ether oxygens (including phenoxy) is 3. The summed E-state index contributed by atoms with van der Waals surface area (Å²) in [5.74, 6) is -0.238. The predicted octanol–water partition coefficient (Wildman–Crippen LogP) is 0.662. The average molecular weight is 426 g/mol. The summed E-state index contributed by atoms with van der Waals surface area (Å²) in [6.07, 6.45) is 1.02. The molecular weight excluding hydrogens is 398 g/mol. The minimum absolute atomic E-state index is 0.166. The summed E-state index contributed by atoms with van der Waals surface area (Å²) in [6.45, 7) is 4.52. The van der Waals surface area contributed by atoms with E-state index in [9.17, 15) is 13.2 Å². The van der Waals surface area contributed by atoms with Gasteiger partial charge >= 0.3 is 0 Å². The molecule has 3 heterocycles. The van der Waals surface area contributed by atoms with Crippen LogP contribution < -0.4 is 10.2 Å². The van der Waals surface area contributed by atoms with Gasteiger partial charge in [-0.15, -0.1) is 0 Å². The van der Waals surface area contributed by atoms with E-state index in [4.69, 9.17) is 14.2 Å². The van der Waals surface area contributed by atoms with Crippen molar-refractivity contribution in [2.75, 3.05) is 69.4 Å². The van der Waals surface area contributed by atoms with Gasteiger partial charge in [-0.05, 0) is 31.0 Å². The number of hydrogen-bond donors (Lipinski definition) is 1. The fourth-order valence-electron chi connectivity index (χ4n) is 3.79. The minimum Gasteiger partial charge on any atom is -0.379 e. The van der Waals surface area contributed by atoms with E-state index in [2.05, 4.69) is 10.2 Å². The number of morpholine rings is 2. The van der Waals surface area contributed by atoms with Gasteiger partial charge in [-0.1, -0.05) is 0 Å². The maximum atomic E-state index is 13.1. The molecule has 9 nitrogen and oxygen atoms in total. The second-order valence-corrected chi connectivity index (χ2v) is 9.22. The first-order valence-corrected chi connectivity index (χ1v) is 11.5. The summed E-state index contributed by atoms with van der Waals surface area (Å²) in [6, 6.07) is 4.93. The molecule has 0 aliphatic carbocycles. The zero-order valence-electron chi connectivity index (χ0n) is 16.3. The Morgan fingerprint density at radius 2 is 1.69 bits per heavy atom. The van der Waals surface area contributed by atoms with E-state index in [1.54, 1.807) is 18.2 Å². The number of nitrogens with one attached hydrogen (secondary N) is 1. The Kier molecular flexibility index (Phi) is 6.35. The Morgan fingerprint density at radius 1 is 1.00 bits per heavy atom. The molecule has 29 heavy (non-hydrogen) atoms. The quantitative estimate of drug-likeness (QED) is 0.740. The SMILES string of the molecule is O=C(Nc1cc(S(=O)(=O)N2CCOCC2)ccc1N1CCOCC1)[C@H]1CCCO1. The molecule has 160 valence electrons. The van der Waals surface area contributed by atoms with Crippen molar-refractivity contribution >= 4 is 27.3 Å². The molecule has 3 aliphatic rings. The van der Waals surface area contributed by atoms with E-state index in [0.29, 0.717) is 71.3 Å². The molecule has 4 rings (SSSR count). The Bertz CT molecular complexity index is 828. The third kappa shape index (κ3) is 4.56. The standard InChI is InChI=1S/C19H27N3O6S/c23-19(18-2-1-9-28-18)20-16-14-15(29(24,25)22-7-12-27-13-8-22)3-4-17(16)21-5-10-26-11-6-21/h3-4,14,18H,1-2,5-13H2,(H,20,23)/t18-/m1/s1. The van der Waals surface area contributed by atoms with Crippen LogP contribution in [0, 0.1) is 0 Å². The van der Waals surface area contributed by atoms with Crippen LogP contribution in [0.5, 0.6) is 0 Å². The van der Waals surface area contributed by atoms with E-state index in [-0.39, 0.29) is 10.8 Å². The average Bonchev–Trinajstić information content (AvgIpc) is 3.30. The van der Waals surface area contributed by atoms with Crippen molar-refractivity contribution in [3.63, 3.8) is 0 Å². The third-order valence-corrected chi connectivity index (χ3v) is 7.30. The van der Waals surface area contributed by atoms with Gasteiger partial charge in [-0.3, -0.25) is 4.79 Å². The molecule has 0 saturated carbocycles. The van der Waals surface area contributed by atoms with Crippen LogP contribution in [0.4, 0.5) is 11.4 Å². The molecule has 1 aromatic carbocycles. The maximum absolute atomic E-state index is 13.1. The van der Waals surface area contributed by atoms with Gasteiger partial charge in [-0.2, -0.15) is 4.31 Å². The van der Waals surface area contributed by atoms with E-state index in [1.807, 2.05) is 0 Å². The zero-order valence-corrected chi connectivity index (χ0v) is 17.2. The summed E-state index contributed by atoms with van der Waals surface area (Å²) in [5.41, 5.74) is 1.28. The van der Waals surface area contributed by atoms with E-state index in [1.165, 1.54) is 4.31 Å². The molecule has 0 bridgehead atoms. The topological polar surface area (TPSA) is 97.4 Å². The molecule has 1 aromatic rings. The van der Waals surface area contributed by atoms with Crippen LogP contribution >= 0.6 is 0 Å². The highest BCUT2D eigenvalue weighted by atomic mass is 32.2. The summed E-state index contributed by atoms with van der Waals surface area (Å²) in [7, 11) is -3.66. The van der Waals surface area contributed by atoms with Gasteiger partial charge in [0.2, 0.25) is 10.0 Å². The zero-order chi connectivity index (χ0) is 20.3. The molecule has 3 saturated heterocycles. The molecule has 0 radical (unpaired) electrons. The lowest BCUT2D eigenvalue weighted by Crippen LogP contribution is -2.40. The number of hydrogen-bond acceptors (Lipinski definition) is 7. The number of sulfonamides is 1. The molecule has 3 fully saturated rings. The molecule has 3 aliphatic heterocycles. The summed E-state index contributed by atoms with van der Waals surface area (Å²) < 4.78 is 43.7. The summed E-state index contributed by atoms with van der Waals surface area (Å²) in [4.78, 5) is 14.9. The highest BCUT2D eigenvalue weighted by Gasteiger charge is 2.29. The molecule has 1 atom stereocenters. The Labute approximate surface area is 170 Å². The van der Waals surface area contributed by atoms with Crippen LogP contribution in [0.15, 0.2) is 23.1 Å². The lowest BCUT2D eigenvalue weighted by molar-refractivity contribution is -0.124. The van der Waals surface area contributed by atoms with E-state index >= 15 is 0 Å². The van der Waals surface area contributed by atoms with E-state index in [0.717, 1.165) is 12.1 Å². The molecule has 10 heteroatoms. The lowest BCUT2D eigenvalue weighted by Gasteiger charge is -2.31. The largest absolute Gasteiger partial charge is 0.379 e. The monoisotopic (exact) mass is 425 g/mol. The minimum atomic E-state index is -3.66. The molecule has 1 amide bonds. The van der Waals surface area contributed by atoms with Gasteiger partial charge in [0.25, 0.3) is 5.91 Å². The number of carbonyl (C=O) groups is 1. The van der Waals surface area contributed by atoms with Gasteiger partial charge in [0.05, 0.1) is 42.7 Å². The number of nitrogens with zero attached hydrogens (tertiary/aromatic N) is 2. The fraction of sp³-hybridized carbons (Fsp3) is 0.632. The van der Waals surface area contributed by atoms with Crippen molar-refractivity contribution in [3.05, 3.63) is 18.2 Å². The smallest absolute Gasteiger partial charge is 0.253 e. The Morgan fingerprint density at radius 3 is 2.34 bits per heavy atom. The van der Waals surface area contributed by atoms with Crippen molar-refractivity contribution in [1.29, 1.82) is 0 Å². The van der Waals surface area contributed by atoms with Crippen molar-refractivity contribution in [2.45, 2.75) is 23.8 Å². The highest BCUT2D eigenvalue weighted by Crippen LogP contribution is 2.31. The van der Waals surface area contributed by atoms with Crippen LogP contribution in [0.1, 0.15) is 12.8 Å². The van der Waals surface area contributed by atoms with Crippen LogP contribution in [0.25, 0.3) is 0 Å². The van der Waals surface area contributed by atoms with Crippen molar-refractivity contribution in [3.8, 4) is 0 Å². The second kappa shape index (κ2) is 8.97. The van der Waals surface area contributed by atoms with Crippen LogP contribution in [0.3, 0.4) is 0 Å². The molecule has 0 aromatic heterocycles. The molecular formula is C19H27N3O6S. The predicted molar refractivity (Wildman–Crippen MR) is 107 cm³/mol. The van der Waals surface area contributed by atoms with Crippen LogP contribution in [-0.2, 0) is 29.0 Å². The number of carbonyl (C=O) groups excluding carboxylic acids is 1. The van der Waals surface area contributed by atoms with E-state index < -0.39 is 16.1 Å².